The third kappa shape index (κ3) is 3.17. The van der Waals surface area contributed by atoms with E-state index in [0.29, 0.717) is 19.1 Å². The highest BCUT2D eigenvalue weighted by atomic mass is 16.5. The zero-order valence-electron chi connectivity index (χ0n) is 17.6. The van der Waals surface area contributed by atoms with E-state index in [1.165, 1.54) is 5.56 Å². The van der Waals surface area contributed by atoms with Gasteiger partial charge in [-0.2, -0.15) is 0 Å². The quantitative estimate of drug-likeness (QED) is 0.450. The van der Waals surface area contributed by atoms with Gasteiger partial charge in [0, 0.05) is 23.1 Å². The molecule has 3 aromatic heterocycles. The second kappa shape index (κ2) is 7.19. The van der Waals surface area contributed by atoms with Gasteiger partial charge in [0.15, 0.2) is 0 Å². The first kappa shape index (κ1) is 18.6. The molecular formula is C24H22N7O+. The minimum Gasteiger partial charge on any atom is -0.491 e. The molecule has 0 spiro atoms. The minimum absolute atomic E-state index is 0.395. The van der Waals surface area contributed by atoms with Gasteiger partial charge in [-0.3, -0.25) is 4.98 Å². The summed E-state index contributed by atoms with van der Waals surface area (Å²) in [6.07, 6.45) is 3.58. The molecule has 1 aliphatic rings. The third-order valence-electron chi connectivity index (χ3n) is 5.86. The van der Waals surface area contributed by atoms with Crippen LogP contribution in [0.5, 0.6) is 5.75 Å². The molecule has 0 atom stereocenters. The van der Waals surface area contributed by atoms with Crippen LogP contribution in [0, 0.1) is 6.92 Å². The number of benzene rings is 2. The van der Waals surface area contributed by atoms with Gasteiger partial charge in [0.1, 0.15) is 30.0 Å². The zero-order valence-corrected chi connectivity index (χ0v) is 17.6. The highest BCUT2D eigenvalue weighted by Crippen LogP contribution is 2.32. The monoisotopic (exact) mass is 424 g/mol. The number of H-pyrrole nitrogens is 2. The second-order valence-corrected chi connectivity index (χ2v) is 8.08. The molecule has 4 heterocycles. The van der Waals surface area contributed by atoms with E-state index in [0.717, 1.165) is 56.9 Å². The summed E-state index contributed by atoms with van der Waals surface area (Å²) in [7, 11) is 0. The fourth-order valence-electron chi connectivity index (χ4n) is 4.29. The fraction of sp³-hybridized carbons (Fsp3) is 0.167. The number of anilines is 2. The first-order valence-corrected chi connectivity index (χ1v) is 10.5. The molecule has 0 radical (unpaired) electrons. The predicted molar refractivity (Wildman–Crippen MR) is 123 cm³/mol. The Balaban J connectivity index is 1.40. The summed E-state index contributed by atoms with van der Waals surface area (Å²) in [5.41, 5.74) is 12.8. The topological polar surface area (TPSA) is 107 Å². The molecule has 0 bridgehead atoms. The number of hydrogen-bond donors (Lipinski definition) is 2. The number of aromatic amines is 2. The Morgan fingerprint density at radius 2 is 2.03 bits per heavy atom. The fourth-order valence-corrected chi connectivity index (χ4v) is 4.29. The smallest absolute Gasteiger partial charge is 0.349 e. The van der Waals surface area contributed by atoms with Crippen LogP contribution in [0.3, 0.4) is 0 Å². The highest BCUT2D eigenvalue weighted by molar-refractivity contribution is 5.90. The van der Waals surface area contributed by atoms with Crippen LogP contribution in [0.1, 0.15) is 11.1 Å². The van der Waals surface area contributed by atoms with Crippen molar-refractivity contribution >= 4 is 33.8 Å². The zero-order chi connectivity index (χ0) is 21.7. The number of nitrogens with zero attached hydrogens (tertiary/aromatic N) is 4. The number of imidazole rings is 1. The maximum atomic E-state index is 6.07. The van der Waals surface area contributed by atoms with Crippen molar-refractivity contribution in [1.29, 1.82) is 0 Å². The van der Waals surface area contributed by atoms with Crippen molar-refractivity contribution in [2.45, 2.75) is 13.5 Å². The third-order valence-corrected chi connectivity index (χ3v) is 5.86. The lowest BCUT2D eigenvalue weighted by Crippen LogP contribution is -2.26. The summed E-state index contributed by atoms with van der Waals surface area (Å²) in [5, 5.41) is 1.06. The molecule has 0 aliphatic carbocycles. The van der Waals surface area contributed by atoms with Crippen molar-refractivity contribution in [1.82, 2.24) is 19.9 Å². The van der Waals surface area contributed by atoms with Crippen molar-refractivity contribution in [2.75, 3.05) is 23.8 Å². The minimum atomic E-state index is 0.395. The maximum Gasteiger partial charge on any atom is 0.349 e. The van der Waals surface area contributed by atoms with E-state index < -0.39 is 0 Å². The number of nitrogens with two attached hydrogens (primary N) is 1. The molecule has 8 nitrogen and oxygen atoms in total. The van der Waals surface area contributed by atoms with E-state index in [-0.39, 0.29) is 0 Å². The van der Waals surface area contributed by atoms with Crippen molar-refractivity contribution in [2.24, 2.45) is 0 Å². The van der Waals surface area contributed by atoms with Gasteiger partial charge >= 0.3 is 11.6 Å². The number of nitrogen functional groups attached to an aromatic ring is 1. The number of aromatic nitrogens is 5. The Kier molecular flexibility index (Phi) is 4.17. The number of pyridine rings is 1. The average molecular weight is 424 g/mol. The van der Waals surface area contributed by atoms with Gasteiger partial charge in [-0.1, -0.05) is 17.7 Å². The summed E-state index contributed by atoms with van der Waals surface area (Å²) in [5.74, 6) is 2.23. The molecule has 32 heavy (non-hydrogen) atoms. The summed E-state index contributed by atoms with van der Waals surface area (Å²) in [6, 6.07) is 14.6. The molecule has 0 fully saturated rings. The van der Waals surface area contributed by atoms with Gasteiger partial charge in [0.2, 0.25) is 0 Å². The molecule has 0 unspecified atom stereocenters. The molecular weight excluding hydrogens is 402 g/mol. The van der Waals surface area contributed by atoms with Crippen LogP contribution in [0.25, 0.3) is 33.2 Å². The molecule has 1 aliphatic heterocycles. The van der Waals surface area contributed by atoms with Crippen LogP contribution in [0.15, 0.2) is 55.0 Å². The molecule has 8 heteroatoms. The molecule has 4 N–H and O–H groups in total. The normalized spacial score (nSPS) is 13.7. The number of ether oxygens (including phenoxy) is 1. The second-order valence-electron chi connectivity index (χ2n) is 8.08. The van der Waals surface area contributed by atoms with E-state index in [2.05, 4.69) is 61.0 Å². The van der Waals surface area contributed by atoms with Gasteiger partial charge < -0.3 is 15.4 Å². The van der Waals surface area contributed by atoms with E-state index in [1.54, 1.807) is 6.33 Å². The molecule has 0 amide bonds. The number of nitrogens with one attached hydrogen (secondary N) is 2. The van der Waals surface area contributed by atoms with Crippen molar-refractivity contribution < 1.29 is 9.72 Å². The Labute approximate surface area is 184 Å². The van der Waals surface area contributed by atoms with Crippen molar-refractivity contribution in [3.63, 3.8) is 0 Å². The van der Waals surface area contributed by atoms with Crippen molar-refractivity contribution in [3.8, 4) is 16.9 Å². The molecule has 6 rings (SSSR count). The highest BCUT2D eigenvalue weighted by Gasteiger charge is 2.20. The summed E-state index contributed by atoms with van der Waals surface area (Å²) in [4.78, 5) is 21.9. The lowest BCUT2D eigenvalue weighted by Gasteiger charge is -2.22. The van der Waals surface area contributed by atoms with Gasteiger partial charge in [-0.25, -0.2) is 15.0 Å². The number of rotatable bonds is 2. The van der Waals surface area contributed by atoms with Crippen LogP contribution in [-0.4, -0.2) is 33.1 Å². The molecule has 5 aromatic rings. The Morgan fingerprint density at radius 1 is 1.09 bits per heavy atom. The standard InChI is InChI=1S/C24H21N7O/c1-14-2-4-19-18(8-14)23(28-13-27-19)31-6-7-32-21-5-3-15(9-17(21)12-31)16-10-20-22(26-11-16)30-24(25)29-20/h2-5,8-11,13H,6-7,12H2,1H3,(H3,25,26,29,30)/p+1. The predicted octanol–water partition coefficient (Wildman–Crippen LogP) is 3.28. The van der Waals surface area contributed by atoms with Crippen LogP contribution < -0.4 is 20.4 Å². The maximum absolute atomic E-state index is 6.07. The summed E-state index contributed by atoms with van der Waals surface area (Å²) >= 11 is 0. The van der Waals surface area contributed by atoms with Crippen LogP contribution in [0.2, 0.25) is 0 Å². The van der Waals surface area contributed by atoms with E-state index >= 15 is 0 Å². The largest absolute Gasteiger partial charge is 0.491 e. The van der Waals surface area contributed by atoms with Gasteiger partial charge in [-0.05, 0) is 47.8 Å². The van der Waals surface area contributed by atoms with Crippen LogP contribution >= 0.6 is 0 Å². The van der Waals surface area contributed by atoms with E-state index in [1.807, 2.05) is 24.4 Å². The molecule has 0 saturated heterocycles. The average Bonchev–Trinajstić information content (AvgIpc) is 3.04. The number of aryl methyl sites for hydroxylation is 1. The molecule has 0 saturated carbocycles. The van der Waals surface area contributed by atoms with E-state index in [9.17, 15) is 0 Å². The van der Waals surface area contributed by atoms with Gasteiger partial charge in [0.25, 0.3) is 0 Å². The Bertz CT molecular complexity index is 1480. The Morgan fingerprint density at radius 3 is 2.97 bits per heavy atom. The van der Waals surface area contributed by atoms with Crippen molar-refractivity contribution in [3.05, 3.63) is 66.1 Å². The van der Waals surface area contributed by atoms with Crippen LogP contribution in [-0.2, 0) is 6.54 Å². The van der Waals surface area contributed by atoms with E-state index in [4.69, 9.17) is 10.5 Å². The summed E-state index contributed by atoms with van der Waals surface area (Å²) < 4.78 is 6.07. The summed E-state index contributed by atoms with van der Waals surface area (Å²) in [6.45, 7) is 4.13. The number of fused-ring (bicyclic) bond motifs is 3. The lowest BCUT2D eigenvalue weighted by molar-refractivity contribution is -0.346. The first-order chi connectivity index (χ1) is 15.6. The lowest BCUT2D eigenvalue weighted by atomic mass is 10.0. The number of hydrogen-bond acceptors (Lipinski definition) is 6. The molecule has 158 valence electrons. The molecule has 2 aromatic carbocycles. The first-order valence-electron chi connectivity index (χ1n) is 10.5. The Hall–Kier alpha value is -4.20. The SMILES string of the molecule is Cc1ccc2ncnc(N3CCOc4ccc(-c5c[nH+]c6nc(N)[nH]c6c5)cc4C3)c2c1. The van der Waals surface area contributed by atoms with Gasteiger partial charge in [0.05, 0.1) is 18.3 Å². The van der Waals surface area contributed by atoms with Crippen LogP contribution in [0.4, 0.5) is 11.8 Å². The van der Waals surface area contributed by atoms with Gasteiger partial charge in [-0.15, -0.1) is 0 Å².